The lowest BCUT2D eigenvalue weighted by molar-refractivity contribution is -0.385. The second-order valence-electron chi connectivity index (χ2n) is 7.01. The Labute approximate surface area is 164 Å². The summed E-state index contributed by atoms with van der Waals surface area (Å²) in [5.41, 5.74) is 1.99. The van der Waals surface area contributed by atoms with Crippen molar-refractivity contribution < 1.29 is 19.2 Å². The van der Waals surface area contributed by atoms with Gasteiger partial charge in [0.2, 0.25) is 0 Å². The van der Waals surface area contributed by atoms with Gasteiger partial charge >= 0.3 is 5.69 Å². The minimum atomic E-state index is -0.572. The second kappa shape index (κ2) is 9.73. The van der Waals surface area contributed by atoms with Crippen LogP contribution in [0, 0.1) is 16.0 Å². The minimum Gasteiger partial charge on any atom is -0.496 e. The van der Waals surface area contributed by atoms with E-state index in [0.29, 0.717) is 11.7 Å². The molecule has 0 aromatic heterocycles. The van der Waals surface area contributed by atoms with E-state index in [9.17, 15) is 14.9 Å². The molecular weight excluding hydrogens is 360 g/mol. The second-order valence-corrected chi connectivity index (χ2v) is 7.01. The predicted octanol–water partition coefficient (Wildman–Crippen LogP) is 4.06. The lowest BCUT2D eigenvalue weighted by atomic mass is 10.00. The van der Waals surface area contributed by atoms with E-state index in [1.165, 1.54) is 24.8 Å². The highest BCUT2D eigenvalue weighted by molar-refractivity contribution is 5.78. The summed E-state index contributed by atoms with van der Waals surface area (Å²) < 4.78 is 10.3. The molecule has 2 rings (SSSR count). The predicted molar refractivity (Wildman–Crippen MR) is 107 cm³/mol. The van der Waals surface area contributed by atoms with Gasteiger partial charge in [-0.2, -0.15) is 0 Å². The van der Waals surface area contributed by atoms with E-state index in [4.69, 9.17) is 9.47 Å². The van der Waals surface area contributed by atoms with Gasteiger partial charge in [-0.25, -0.2) is 0 Å². The zero-order valence-electron chi connectivity index (χ0n) is 16.6. The van der Waals surface area contributed by atoms with Crippen LogP contribution in [-0.2, 0) is 11.2 Å². The first-order valence-electron chi connectivity index (χ1n) is 9.13. The fraction of sp³-hybridized carbons (Fsp3) is 0.381. The van der Waals surface area contributed by atoms with Gasteiger partial charge in [0, 0.05) is 0 Å². The molecule has 150 valence electrons. The Kier molecular flexibility index (Phi) is 7.37. The lowest BCUT2D eigenvalue weighted by Gasteiger charge is -2.15. The number of amides is 1. The number of hydrogen-bond donors (Lipinski definition) is 1. The Hall–Kier alpha value is -3.09. The van der Waals surface area contributed by atoms with Crippen LogP contribution < -0.4 is 14.8 Å². The molecule has 0 unspecified atom stereocenters. The molecule has 7 heteroatoms. The van der Waals surface area contributed by atoms with E-state index in [-0.39, 0.29) is 30.0 Å². The zero-order valence-corrected chi connectivity index (χ0v) is 16.6. The van der Waals surface area contributed by atoms with Crippen molar-refractivity contribution in [3.8, 4) is 11.5 Å². The van der Waals surface area contributed by atoms with Crippen LogP contribution in [0.3, 0.4) is 0 Å². The van der Waals surface area contributed by atoms with Gasteiger partial charge in [0.25, 0.3) is 5.91 Å². The third kappa shape index (κ3) is 5.97. The quantitative estimate of drug-likeness (QED) is 0.518. The van der Waals surface area contributed by atoms with Gasteiger partial charge in [-0.3, -0.25) is 14.9 Å². The Morgan fingerprint density at radius 2 is 1.82 bits per heavy atom. The van der Waals surface area contributed by atoms with Crippen LogP contribution in [0.4, 0.5) is 5.69 Å². The first-order valence-corrected chi connectivity index (χ1v) is 9.13. The normalized spacial score (nSPS) is 11.8. The number of carbonyl (C=O) groups excluding carboxylic acids is 1. The molecule has 0 aliphatic heterocycles. The van der Waals surface area contributed by atoms with Gasteiger partial charge in [0.15, 0.2) is 12.4 Å². The summed E-state index contributed by atoms with van der Waals surface area (Å²) in [7, 11) is 1.42. The Morgan fingerprint density at radius 3 is 2.39 bits per heavy atom. The number of nitrogens with one attached hydrogen (secondary N) is 1. The van der Waals surface area contributed by atoms with Crippen molar-refractivity contribution in [3.05, 3.63) is 63.7 Å². The van der Waals surface area contributed by atoms with Crippen LogP contribution in [0.5, 0.6) is 11.5 Å². The molecule has 7 nitrogen and oxygen atoms in total. The summed E-state index contributed by atoms with van der Waals surface area (Å²) in [5.74, 6) is 0.593. The molecule has 28 heavy (non-hydrogen) atoms. The number of methoxy groups -OCH3 is 1. The summed E-state index contributed by atoms with van der Waals surface area (Å²) in [6.07, 6.45) is 1.01. The maximum absolute atomic E-state index is 12.2. The Morgan fingerprint density at radius 1 is 1.14 bits per heavy atom. The number of rotatable bonds is 9. The number of benzene rings is 2. The summed E-state index contributed by atoms with van der Waals surface area (Å²) in [6, 6.07) is 12.1. The third-order valence-corrected chi connectivity index (χ3v) is 4.22. The average Bonchev–Trinajstić information content (AvgIpc) is 2.66. The molecule has 0 saturated heterocycles. The summed E-state index contributed by atoms with van der Waals surface area (Å²) in [5, 5.41) is 14.0. The van der Waals surface area contributed by atoms with E-state index >= 15 is 0 Å². The zero-order chi connectivity index (χ0) is 20.7. The third-order valence-electron chi connectivity index (χ3n) is 4.22. The smallest absolute Gasteiger partial charge is 0.314 e. The molecule has 1 amide bonds. The molecule has 1 atom stereocenters. The standard InChI is InChI=1S/C21H26N2O5/c1-14(2)11-16-5-7-17(8-6-16)15(3)22-21(24)13-28-20-10-9-18(27-4)12-19(20)23(25)26/h5-10,12,14-15H,11,13H2,1-4H3,(H,22,24)/t15-/m0/s1. The summed E-state index contributed by atoms with van der Waals surface area (Å²) in [4.78, 5) is 22.8. The van der Waals surface area contributed by atoms with Gasteiger partial charge in [-0.15, -0.1) is 0 Å². The molecule has 0 aliphatic rings. The van der Waals surface area contributed by atoms with Crippen LogP contribution in [0.1, 0.15) is 37.9 Å². The van der Waals surface area contributed by atoms with E-state index in [0.717, 1.165) is 12.0 Å². The molecule has 0 spiro atoms. The van der Waals surface area contributed by atoms with Gasteiger partial charge in [0.05, 0.1) is 24.1 Å². The highest BCUT2D eigenvalue weighted by Crippen LogP contribution is 2.31. The number of nitro benzene ring substituents is 1. The first-order chi connectivity index (χ1) is 13.3. The molecule has 0 fully saturated rings. The van der Waals surface area contributed by atoms with Crippen LogP contribution in [0.15, 0.2) is 42.5 Å². The van der Waals surface area contributed by atoms with Crippen LogP contribution in [0.25, 0.3) is 0 Å². The van der Waals surface area contributed by atoms with E-state index < -0.39 is 4.92 Å². The Bertz CT molecular complexity index is 818. The number of nitrogens with zero attached hydrogens (tertiary/aromatic N) is 1. The van der Waals surface area contributed by atoms with Crippen molar-refractivity contribution in [3.63, 3.8) is 0 Å². The largest absolute Gasteiger partial charge is 0.496 e. The number of ether oxygens (including phenoxy) is 2. The first kappa shape index (κ1) is 21.2. The molecule has 2 aromatic rings. The number of nitro groups is 1. The molecule has 0 bridgehead atoms. The van der Waals surface area contributed by atoms with Crippen LogP contribution >= 0.6 is 0 Å². The molecular formula is C21H26N2O5. The number of hydrogen-bond acceptors (Lipinski definition) is 5. The van der Waals surface area contributed by atoms with Gasteiger partial charge in [-0.05, 0) is 42.5 Å². The monoisotopic (exact) mass is 386 g/mol. The van der Waals surface area contributed by atoms with Crippen molar-refractivity contribution in [2.24, 2.45) is 5.92 Å². The molecule has 0 radical (unpaired) electrons. The molecule has 1 N–H and O–H groups in total. The van der Waals surface area contributed by atoms with Gasteiger partial charge < -0.3 is 14.8 Å². The average molecular weight is 386 g/mol. The van der Waals surface area contributed by atoms with Crippen LogP contribution in [-0.4, -0.2) is 24.5 Å². The maximum atomic E-state index is 12.2. The SMILES string of the molecule is COc1ccc(OCC(=O)N[C@@H](C)c2ccc(CC(C)C)cc2)c([N+](=O)[O-])c1. The highest BCUT2D eigenvalue weighted by Gasteiger charge is 2.18. The molecule has 0 saturated carbocycles. The highest BCUT2D eigenvalue weighted by atomic mass is 16.6. The van der Waals surface area contributed by atoms with Crippen molar-refractivity contribution in [1.29, 1.82) is 0 Å². The van der Waals surface area contributed by atoms with Gasteiger partial charge in [0.1, 0.15) is 5.75 Å². The van der Waals surface area contributed by atoms with Gasteiger partial charge in [-0.1, -0.05) is 38.1 Å². The number of carbonyl (C=O) groups is 1. The van der Waals surface area contributed by atoms with Crippen molar-refractivity contribution in [2.45, 2.75) is 33.2 Å². The molecule has 0 heterocycles. The fourth-order valence-electron chi connectivity index (χ4n) is 2.81. The topological polar surface area (TPSA) is 90.7 Å². The van der Waals surface area contributed by atoms with Crippen molar-refractivity contribution >= 4 is 11.6 Å². The fourth-order valence-corrected chi connectivity index (χ4v) is 2.81. The van der Waals surface area contributed by atoms with E-state index in [1.54, 1.807) is 6.07 Å². The van der Waals surface area contributed by atoms with Crippen LogP contribution in [0.2, 0.25) is 0 Å². The van der Waals surface area contributed by atoms with E-state index in [1.807, 2.05) is 19.1 Å². The van der Waals surface area contributed by atoms with Crippen molar-refractivity contribution in [2.75, 3.05) is 13.7 Å². The molecule has 0 aliphatic carbocycles. The summed E-state index contributed by atoms with van der Waals surface area (Å²) in [6.45, 7) is 5.90. The van der Waals surface area contributed by atoms with E-state index in [2.05, 4.69) is 31.3 Å². The molecule has 2 aromatic carbocycles. The summed E-state index contributed by atoms with van der Waals surface area (Å²) >= 11 is 0. The maximum Gasteiger partial charge on any atom is 0.314 e. The van der Waals surface area contributed by atoms with Crippen molar-refractivity contribution in [1.82, 2.24) is 5.32 Å². The lowest BCUT2D eigenvalue weighted by Crippen LogP contribution is -2.31. The minimum absolute atomic E-state index is 0.0200. The Balaban J connectivity index is 1.94.